The molecule has 0 radical (unpaired) electrons. The first-order chi connectivity index (χ1) is 9.66. The summed E-state index contributed by atoms with van der Waals surface area (Å²) in [4.78, 5) is 14.1. The van der Waals surface area contributed by atoms with E-state index in [-0.39, 0.29) is 11.8 Å². The van der Waals surface area contributed by atoms with Crippen molar-refractivity contribution in [3.63, 3.8) is 0 Å². The van der Waals surface area contributed by atoms with Crippen molar-refractivity contribution in [1.82, 2.24) is 4.90 Å². The lowest BCUT2D eigenvalue weighted by atomic mass is 10.0. The molecule has 0 spiro atoms. The van der Waals surface area contributed by atoms with Gasteiger partial charge in [0.25, 0.3) is 0 Å². The van der Waals surface area contributed by atoms with Crippen molar-refractivity contribution in [1.29, 1.82) is 0 Å². The summed E-state index contributed by atoms with van der Waals surface area (Å²) in [5.41, 5.74) is 1.19. The topological polar surface area (TPSA) is 40.5 Å². The second-order valence-corrected chi connectivity index (χ2v) is 6.47. The van der Waals surface area contributed by atoms with E-state index >= 15 is 0 Å². The maximum Gasteiger partial charge on any atom is 0.228 e. The van der Waals surface area contributed by atoms with Crippen LogP contribution in [0.5, 0.6) is 0 Å². The van der Waals surface area contributed by atoms with E-state index in [1.54, 1.807) is 16.2 Å². The predicted molar refractivity (Wildman–Crippen MR) is 81.6 cm³/mol. The van der Waals surface area contributed by atoms with E-state index in [4.69, 9.17) is 0 Å². The molecule has 1 amide bonds. The maximum absolute atomic E-state index is 12.4. The minimum atomic E-state index is -0.454. The highest BCUT2D eigenvalue weighted by atomic mass is 32.1. The standard InChI is InChI=1S/C16H19NO2S/c1-17(16(19)13-6-4-7-14(13)18)9-11-10-20-15-8-3-2-5-12(11)15/h2-3,5,8,10,13-14,18H,4,6-7,9H2,1H3. The van der Waals surface area contributed by atoms with E-state index < -0.39 is 6.10 Å². The van der Waals surface area contributed by atoms with Crippen LogP contribution in [0.4, 0.5) is 0 Å². The number of amides is 1. The summed E-state index contributed by atoms with van der Waals surface area (Å²) in [5.74, 6) is -0.129. The third-order valence-corrected chi connectivity index (χ3v) is 5.15. The minimum absolute atomic E-state index is 0.0743. The van der Waals surface area contributed by atoms with Crippen molar-refractivity contribution in [2.24, 2.45) is 5.92 Å². The van der Waals surface area contributed by atoms with Gasteiger partial charge in [-0.2, -0.15) is 0 Å². The molecular formula is C16H19NO2S. The molecule has 0 saturated heterocycles. The molecule has 106 valence electrons. The van der Waals surface area contributed by atoms with Crippen LogP contribution in [0.25, 0.3) is 10.1 Å². The second-order valence-electron chi connectivity index (χ2n) is 5.56. The molecule has 1 N–H and O–H groups in total. The minimum Gasteiger partial charge on any atom is -0.392 e. The SMILES string of the molecule is CN(Cc1csc2ccccc12)C(=O)C1CCCC1O. The summed E-state index contributed by atoms with van der Waals surface area (Å²) >= 11 is 1.71. The lowest BCUT2D eigenvalue weighted by Crippen LogP contribution is -2.35. The van der Waals surface area contributed by atoms with Crippen LogP contribution in [0.2, 0.25) is 0 Å². The highest BCUT2D eigenvalue weighted by Gasteiger charge is 2.33. The molecule has 3 rings (SSSR count). The van der Waals surface area contributed by atoms with Gasteiger partial charge < -0.3 is 10.0 Å². The van der Waals surface area contributed by atoms with Gasteiger partial charge in [-0.05, 0) is 41.7 Å². The third-order valence-electron chi connectivity index (χ3n) is 4.14. The molecule has 2 unspecified atom stereocenters. The zero-order valence-corrected chi connectivity index (χ0v) is 12.4. The van der Waals surface area contributed by atoms with E-state index in [1.165, 1.54) is 15.6 Å². The molecule has 3 nitrogen and oxygen atoms in total. The third kappa shape index (κ3) is 2.45. The van der Waals surface area contributed by atoms with Gasteiger partial charge in [0.1, 0.15) is 0 Å². The quantitative estimate of drug-likeness (QED) is 0.943. The van der Waals surface area contributed by atoms with E-state index in [9.17, 15) is 9.90 Å². The van der Waals surface area contributed by atoms with Gasteiger partial charge >= 0.3 is 0 Å². The summed E-state index contributed by atoms with van der Waals surface area (Å²) in [6, 6.07) is 8.27. The Balaban J connectivity index is 1.75. The molecular weight excluding hydrogens is 270 g/mol. The van der Waals surface area contributed by atoms with Gasteiger partial charge in [0.15, 0.2) is 0 Å². The Morgan fingerprint density at radius 3 is 2.95 bits per heavy atom. The molecule has 0 aliphatic heterocycles. The van der Waals surface area contributed by atoms with Gasteiger partial charge in [-0.25, -0.2) is 0 Å². The summed E-state index contributed by atoms with van der Waals surface area (Å²) in [7, 11) is 1.83. The number of aliphatic hydroxyl groups is 1. The number of thiophene rings is 1. The Hall–Kier alpha value is -1.39. The Bertz CT molecular complexity index is 622. The van der Waals surface area contributed by atoms with Crippen LogP contribution in [-0.4, -0.2) is 29.1 Å². The summed E-state index contributed by atoms with van der Waals surface area (Å²) in [6.07, 6.45) is 2.07. The monoisotopic (exact) mass is 289 g/mol. The fraction of sp³-hybridized carbons (Fsp3) is 0.438. The van der Waals surface area contributed by atoms with Gasteiger partial charge in [-0.3, -0.25) is 4.79 Å². The summed E-state index contributed by atoms with van der Waals surface area (Å²) in [6.45, 7) is 0.617. The number of benzene rings is 1. The van der Waals surface area contributed by atoms with E-state index in [1.807, 2.05) is 19.2 Å². The molecule has 1 aromatic carbocycles. The van der Waals surface area contributed by atoms with Crippen molar-refractivity contribution in [2.45, 2.75) is 31.9 Å². The van der Waals surface area contributed by atoms with Crippen LogP contribution in [0, 0.1) is 5.92 Å². The zero-order chi connectivity index (χ0) is 14.1. The number of carbonyl (C=O) groups excluding carboxylic acids is 1. The zero-order valence-electron chi connectivity index (χ0n) is 11.6. The molecule has 1 saturated carbocycles. The van der Waals surface area contributed by atoms with Gasteiger partial charge in [0.05, 0.1) is 12.0 Å². The molecule has 1 aliphatic rings. The van der Waals surface area contributed by atoms with Crippen LogP contribution in [-0.2, 0) is 11.3 Å². The molecule has 1 aliphatic carbocycles. The van der Waals surface area contributed by atoms with Gasteiger partial charge in [-0.1, -0.05) is 18.2 Å². The normalized spacial score (nSPS) is 22.3. The van der Waals surface area contributed by atoms with Crippen LogP contribution < -0.4 is 0 Å². The Morgan fingerprint density at radius 1 is 1.40 bits per heavy atom. The van der Waals surface area contributed by atoms with Gasteiger partial charge in [0, 0.05) is 18.3 Å². The number of hydrogen-bond donors (Lipinski definition) is 1. The average molecular weight is 289 g/mol. The first-order valence-corrected chi connectivity index (χ1v) is 7.93. The predicted octanol–water partition coefficient (Wildman–Crippen LogP) is 3.02. The number of aliphatic hydroxyl groups excluding tert-OH is 1. The molecule has 1 heterocycles. The van der Waals surface area contributed by atoms with Crippen molar-refractivity contribution < 1.29 is 9.90 Å². The summed E-state index contributed by atoms with van der Waals surface area (Å²) < 4.78 is 1.25. The second kappa shape index (κ2) is 5.54. The number of fused-ring (bicyclic) bond motifs is 1. The highest BCUT2D eigenvalue weighted by molar-refractivity contribution is 7.17. The molecule has 1 aromatic heterocycles. The molecule has 1 fully saturated rings. The molecule has 20 heavy (non-hydrogen) atoms. The molecule has 0 bridgehead atoms. The van der Waals surface area contributed by atoms with Crippen molar-refractivity contribution in [2.75, 3.05) is 7.05 Å². The summed E-state index contributed by atoms with van der Waals surface area (Å²) in [5, 5.41) is 13.2. The van der Waals surface area contributed by atoms with Crippen LogP contribution in [0.15, 0.2) is 29.6 Å². The Morgan fingerprint density at radius 2 is 2.20 bits per heavy atom. The smallest absolute Gasteiger partial charge is 0.228 e. The fourth-order valence-electron chi connectivity index (χ4n) is 3.00. The maximum atomic E-state index is 12.4. The number of hydrogen-bond acceptors (Lipinski definition) is 3. The molecule has 2 aromatic rings. The highest BCUT2D eigenvalue weighted by Crippen LogP contribution is 2.29. The number of nitrogens with zero attached hydrogens (tertiary/aromatic N) is 1. The largest absolute Gasteiger partial charge is 0.392 e. The molecule has 2 atom stereocenters. The van der Waals surface area contributed by atoms with Gasteiger partial charge in [-0.15, -0.1) is 11.3 Å². The first kappa shape index (κ1) is 13.6. The fourth-order valence-corrected chi connectivity index (χ4v) is 3.95. The van der Waals surface area contributed by atoms with Crippen molar-refractivity contribution in [3.8, 4) is 0 Å². The van der Waals surface area contributed by atoms with Gasteiger partial charge in [0.2, 0.25) is 5.91 Å². The van der Waals surface area contributed by atoms with Crippen LogP contribution in [0.3, 0.4) is 0 Å². The lowest BCUT2D eigenvalue weighted by molar-refractivity contribution is -0.137. The Labute approximate surface area is 122 Å². The first-order valence-electron chi connectivity index (χ1n) is 7.05. The van der Waals surface area contributed by atoms with Crippen molar-refractivity contribution >= 4 is 27.3 Å². The average Bonchev–Trinajstić information content (AvgIpc) is 3.05. The Kier molecular flexibility index (Phi) is 3.76. The van der Waals surface area contributed by atoms with E-state index in [2.05, 4.69) is 17.5 Å². The van der Waals surface area contributed by atoms with E-state index in [0.717, 1.165) is 19.3 Å². The van der Waals surface area contributed by atoms with Crippen LogP contribution in [0.1, 0.15) is 24.8 Å². The number of carbonyl (C=O) groups is 1. The van der Waals surface area contributed by atoms with E-state index in [0.29, 0.717) is 6.54 Å². The number of rotatable bonds is 3. The lowest BCUT2D eigenvalue weighted by Gasteiger charge is -2.22. The van der Waals surface area contributed by atoms with Crippen molar-refractivity contribution in [3.05, 3.63) is 35.2 Å². The molecule has 4 heteroatoms. The van der Waals surface area contributed by atoms with Crippen LogP contribution >= 0.6 is 11.3 Å².